The van der Waals surface area contributed by atoms with Crippen molar-refractivity contribution >= 4 is 0 Å². The lowest BCUT2D eigenvalue weighted by atomic mass is 9.97. The largest absolute Gasteiger partial charge is 0.469 e. The number of rotatable bonds is 5. The molecule has 0 bridgehead atoms. The summed E-state index contributed by atoms with van der Waals surface area (Å²) in [7, 11) is 0. The van der Waals surface area contributed by atoms with E-state index in [0.29, 0.717) is 5.92 Å². The van der Waals surface area contributed by atoms with E-state index in [1.165, 1.54) is 5.56 Å². The van der Waals surface area contributed by atoms with Crippen molar-refractivity contribution in [2.75, 3.05) is 0 Å². The van der Waals surface area contributed by atoms with Crippen LogP contribution in [-0.2, 0) is 12.8 Å². The second-order valence-corrected chi connectivity index (χ2v) is 5.39. The van der Waals surface area contributed by atoms with Gasteiger partial charge in [-0.2, -0.15) is 0 Å². The summed E-state index contributed by atoms with van der Waals surface area (Å²) in [5.41, 5.74) is 3.11. The van der Waals surface area contributed by atoms with Crippen LogP contribution in [0.25, 0.3) is 0 Å². The highest BCUT2D eigenvalue weighted by atomic mass is 16.3. The Morgan fingerprint density at radius 2 is 1.79 bits per heavy atom. The molecule has 0 spiro atoms. The second-order valence-electron chi connectivity index (χ2n) is 5.39. The third-order valence-corrected chi connectivity index (χ3v) is 3.33. The van der Waals surface area contributed by atoms with E-state index in [0.717, 1.165) is 29.7 Å². The van der Waals surface area contributed by atoms with Crippen LogP contribution < -0.4 is 0 Å². The van der Waals surface area contributed by atoms with Crippen molar-refractivity contribution in [2.45, 2.75) is 39.7 Å². The third-order valence-electron chi connectivity index (χ3n) is 3.33. The SMILES string of the molecule is CCc1occc1C(O)c1ccc(CC(C)C)cc1. The van der Waals surface area contributed by atoms with E-state index in [9.17, 15) is 5.11 Å². The summed E-state index contributed by atoms with van der Waals surface area (Å²) >= 11 is 0. The Kier molecular flexibility index (Phi) is 4.43. The van der Waals surface area contributed by atoms with Crippen LogP contribution in [0.15, 0.2) is 41.0 Å². The zero-order valence-electron chi connectivity index (χ0n) is 11.9. The Bertz CT molecular complexity index is 508. The van der Waals surface area contributed by atoms with Crippen molar-refractivity contribution in [1.82, 2.24) is 0 Å². The molecule has 1 aromatic heterocycles. The van der Waals surface area contributed by atoms with Gasteiger partial charge in [-0.3, -0.25) is 0 Å². The van der Waals surface area contributed by atoms with Gasteiger partial charge < -0.3 is 9.52 Å². The van der Waals surface area contributed by atoms with Gasteiger partial charge >= 0.3 is 0 Å². The van der Waals surface area contributed by atoms with Gasteiger partial charge in [-0.1, -0.05) is 45.0 Å². The second kappa shape index (κ2) is 6.07. The van der Waals surface area contributed by atoms with Crippen molar-refractivity contribution in [2.24, 2.45) is 5.92 Å². The Morgan fingerprint density at radius 3 is 2.37 bits per heavy atom. The lowest BCUT2D eigenvalue weighted by Gasteiger charge is -2.12. The number of aliphatic hydroxyl groups excluding tert-OH is 1. The molecule has 0 amide bonds. The van der Waals surface area contributed by atoms with Crippen molar-refractivity contribution in [3.8, 4) is 0 Å². The van der Waals surface area contributed by atoms with Crippen molar-refractivity contribution in [1.29, 1.82) is 0 Å². The highest BCUT2D eigenvalue weighted by molar-refractivity contribution is 5.33. The van der Waals surface area contributed by atoms with Crippen molar-refractivity contribution in [3.05, 3.63) is 59.0 Å². The molecule has 1 unspecified atom stereocenters. The Morgan fingerprint density at radius 1 is 1.11 bits per heavy atom. The number of furan rings is 1. The van der Waals surface area contributed by atoms with E-state index in [1.54, 1.807) is 6.26 Å². The smallest absolute Gasteiger partial charge is 0.109 e. The first-order chi connectivity index (χ1) is 9.11. The molecule has 0 aliphatic heterocycles. The van der Waals surface area contributed by atoms with E-state index in [1.807, 2.05) is 25.1 Å². The molecule has 0 saturated carbocycles. The molecule has 1 atom stereocenters. The molecule has 0 fully saturated rings. The Hall–Kier alpha value is -1.54. The molecule has 0 saturated heterocycles. The van der Waals surface area contributed by atoms with Crippen molar-refractivity contribution < 1.29 is 9.52 Å². The molecule has 2 heteroatoms. The fourth-order valence-corrected chi connectivity index (χ4v) is 2.37. The first kappa shape index (κ1) is 13.9. The van der Waals surface area contributed by atoms with Gasteiger partial charge in [0.1, 0.15) is 11.9 Å². The minimum Gasteiger partial charge on any atom is -0.469 e. The lowest BCUT2D eigenvalue weighted by molar-refractivity contribution is 0.217. The summed E-state index contributed by atoms with van der Waals surface area (Å²) < 4.78 is 5.37. The summed E-state index contributed by atoms with van der Waals surface area (Å²) in [6, 6.07) is 10.1. The Balaban J connectivity index is 2.18. The third kappa shape index (κ3) is 3.27. The monoisotopic (exact) mass is 258 g/mol. The maximum Gasteiger partial charge on any atom is 0.109 e. The fourth-order valence-electron chi connectivity index (χ4n) is 2.37. The predicted octanol–water partition coefficient (Wildman–Crippen LogP) is 4.12. The minimum atomic E-state index is -0.596. The average molecular weight is 258 g/mol. The van der Waals surface area contributed by atoms with Crippen LogP contribution in [0, 0.1) is 5.92 Å². The van der Waals surface area contributed by atoms with Crippen LogP contribution in [-0.4, -0.2) is 5.11 Å². The highest BCUT2D eigenvalue weighted by Crippen LogP contribution is 2.26. The van der Waals surface area contributed by atoms with Gasteiger partial charge in [-0.15, -0.1) is 0 Å². The topological polar surface area (TPSA) is 33.4 Å². The molecule has 102 valence electrons. The number of aryl methyl sites for hydroxylation is 1. The lowest BCUT2D eigenvalue weighted by Crippen LogP contribution is -2.02. The summed E-state index contributed by atoms with van der Waals surface area (Å²) in [4.78, 5) is 0. The normalized spacial score (nSPS) is 12.9. The average Bonchev–Trinajstić information content (AvgIpc) is 2.86. The molecule has 0 aliphatic rings. The summed E-state index contributed by atoms with van der Waals surface area (Å²) in [5, 5.41) is 10.4. The molecule has 2 aromatic rings. The minimum absolute atomic E-state index is 0.596. The molecule has 2 nitrogen and oxygen atoms in total. The van der Waals surface area contributed by atoms with Gasteiger partial charge in [0.15, 0.2) is 0 Å². The zero-order valence-corrected chi connectivity index (χ0v) is 11.9. The first-order valence-corrected chi connectivity index (χ1v) is 6.95. The van der Waals surface area contributed by atoms with E-state index in [-0.39, 0.29) is 0 Å². The maximum absolute atomic E-state index is 10.4. The molecule has 1 N–H and O–H groups in total. The van der Waals surface area contributed by atoms with Gasteiger partial charge in [-0.05, 0) is 29.5 Å². The molecule has 1 aromatic carbocycles. The molecule has 0 aliphatic carbocycles. The van der Waals surface area contributed by atoms with E-state index in [4.69, 9.17) is 4.42 Å². The Labute approximate surface area is 115 Å². The van der Waals surface area contributed by atoms with Gasteiger partial charge in [0, 0.05) is 12.0 Å². The van der Waals surface area contributed by atoms with Crippen LogP contribution >= 0.6 is 0 Å². The number of hydrogen-bond acceptors (Lipinski definition) is 2. The van der Waals surface area contributed by atoms with Gasteiger partial charge in [0.05, 0.1) is 6.26 Å². The number of benzene rings is 1. The highest BCUT2D eigenvalue weighted by Gasteiger charge is 2.16. The quantitative estimate of drug-likeness (QED) is 0.875. The standard InChI is InChI=1S/C17H22O2/c1-4-16-15(9-10-19-16)17(18)14-7-5-13(6-8-14)11-12(2)3/h5-10,12,17-18H,4,11H2,1-3H3. The summed E-state index contributed by atoms with van der Waals surface area (Å²) in [5.74, 6) is 1.51. The number of hydrogen-bond donors (Lipinski definition) is 1. The predicted molar refractivity (Wildman–Crippen MR) is 77.1 cm³/mol. The molecule has 0 radical (unpaired) electrons. The number of aliphatic hydroxyl groups is 1. The van der Waals surface area contributed by atoms with Crippen LogP contribution in [0.5, 0.6) is 0 Å². The molecule has 1 heterocycles. The molecular weight excluding hydrogens is 236 g/mol. The molecular formula is C17H22O2. The van der Waals surface area contributed by atoms with Gasteiger partial charge in [0.2, 0.25) is 0 Å². The van der Waals surface area contributed by atoms with Crippen LogP contribution in [0.4, 0.5) is 0 Å². The van der Waals surface area contributed by atoms with Gasteiger partial charge in [-0.25, -0.2) is 0 Å². The van der Waals surface area contributed by atoms with E-state index < -0.39 is 6.10 Å². The van der Waals surface area contributed by atoms with Gasteiger partial charge in [0.25, 0.3) is 0 Å². The summed E-state index contributed by atoms with van der Waals surface area (Å²) in [6.07, 6.45) is 2.92. The molecule has 2 rings (SSSR count). The summed E-state index contributed by atoms with van der Waals surface area (Å²) in [6.45, 7) is 6.45. The van der Waals surface area contributed by atoms with Crippen LogP contribution in [0.2, 0.25) is 0 Å². The first-order valence-electron chi connectivity index (χ1n) is 6.95. The van der Waals surface area contributed by atoms with Crippen LogP contribution in [0.3, 0.4) is 0 Å². The van der Waals surface area contributed by atoms with E-state index in [2.05, 4.69) is 26.0 Å². The zero-order chi connectivity index (χ0) is 13.8. The maximum atomic E-state index is 10.4. The fraction of sp³-hybridized carbons (Fsp3) is 0.412. The molecule has 19 heavy (non-hydrogen) atoms. The van der Waals surface area contributed by atoms with Crippen molar-refractivity contribution in [3.63, 3.8) is 0 Å². The van der Waals surface area contributed by atoms with E-state index >= 15 is 0 Å². The van der Waals surface area contributed by atoms with Crippen LogP contribution in [0.1, 0.15) is 49.3 Å².